The molecule has 3 rings (SSSR count). The van der Waals surface area contributed by atoms with Crippen molar-refractivity contribution in [3.8, 4) is 0 Å². The average Bonchev–Trinajstić information content (AvgIpc) is 3.07. The molecule has 0 radical (unpaired) electrons. The van der Waals surface area contributed by atoms with Gasteiger partial charge in [-0.05, 0) is 25.8 Å². The molecule has 0 saturated heterocycles. The quantitative estimate of drug-likeness (QED) is 0.875. The van der Waals surface area contributed by atoms with Gasteiger partial charge in [-0.15, -0.1) is 11.8 Å². The van der Waals surface area contributed by atoms with Crippen LogP contribution >= 0.6 is 23.1 Å². The van der Waals surface area contributed by atoms with Crippen molar-refractivity contribution < 1.29 is 0 Å². The van der Waals surface area contributed by atoms with Crippen molar-refractivity contribution >= 4 is 28.2 Å². The zero-order valence-electron chi connectivity index (χ0n) is 11.0. The fourth-order valence-corrected chi connectivity index (χ4v) is 4.42. The van der Waals surface area contributed by atoms with Crippen LogP contribution in [0.5, 0.6) is 0 Å². The van der Waals surface area contributed by atoms with Crippen LogP contribution in [-0.2, 0) is 5.75 Å². The maximum atomic E-state index is 5.71. The number of hydrogen-bond acceptors (Lipinski definition) is 5. The van der Waals surface area contributed by atoms with Crippen molar-refractivity contribution in [2.75, 3.05) is 5.73 Å². The van der Waals surface area contributed by atoms with Gasteiger partial charge < -0.3 is 5.73 Å². The number of nitrogen functional groups attached to an aromatic ring is 1. The van der Waals surface area contributed by atoms with E-state index in [1.54, 1.807) is 23.1 Å². The van der Waals surface area contributed by atoms with E-state index in [9.17, 15) is 0 Å². The van der Waals surface area contributed by atoms with Crippen molar-refractivity contribution in [1.82, 2.24) is 14.8 Å². The number of hydrogen-bond donors (Lipinski definition) is 1. The van der Waals surface area contributed by atoms with Crippen molar-refractivity contribution in [2.45, 2.75) is 48.6 Å². The third-order valence-electron chi connectivity index (χ3n) is 3.48. The molecule has 0 aliphatic heterocycles. The van der Waals surface area contributed by atoms with Gasteiger partial charge in [0, 0.05) is 11.9 Å². The van der Waals surface area contributed by atoms with Crippen molar-refractivity contribution in [3.05, 3.63) is 23.7 Å². The van der Waals surface area contributed by atoms with Crippen LogP contribution < -0.4 is 5.73 Å². The summed E-state index contributed by atoms with van der Waals surface area (Å²) in [6.45, 7) is 2.01. The standard InChI is InChI=1S/C13H18N4S2/c1-9-12(19-13(14)15-9)18-8-10-6-7-17(16-10)11-4-2-3-5-11/h6-7,11H,2-5,8H2,1H3,(H2,14,15). The summed E-state index contributed by atoms with van der Waals surface area (Å²) in [5, 5.41) is 5.34. The third-order valence-corrected chi connectivity index (χ3v) is 5.87. The van der Waals surface area contributed by atoms with E-state index in [0.29, 0.717) is 11.2 Å². The van der Waals surface area contributed by atoms with Crippen LogP contribution in [0.2, 0.25) is 0 Å². The molecule has 0 amide bonds. The summed E-state index contributed by atoms with van der Waals surface area (Å²) in [5.74, 6) is 0.891. The van der Waals surface area contributed by atoms with Crippen molar-refractivity contribution in [2.24, 2.45) is 0 Å². The fraction of sp³-hybridized carbons (Fsp3) is 0.538. The van der Waals surface area contributed by atoms with Crippen LogP contribution in [0.1, 0.15) is 43.1 Å². The molecule has 0 unspecified atom stereocenters. The summed E-state index contributed by atoms with van der Waals surface area (Å²) in [6.07, 6.45) is 7.36. The number of anilines is 1. The number of nitrogens with zero attached hydrogens (tertiary/aromatic N) is 3. The van der Waals surface area contributed by atoms with Gasteiger partial charge in [0.1, 0.15) is 0 Å². The van der Waals surface area contributed by atoms with E-state index >= 15 is 0 Å². The van der Waals surface area contributed by atoms with Gasteiger partial charge in [-0.1, -0.05) is 24.2 Å². The maximum Gasteiger partial charge on any atom is 0.181 e. The smallest absolute Gasteiger partial charge is 0.181 e. The molecule has 0 aromatic carbocycles. The highest BCUT2D eigenvalue weighted by molar-refractivity contribution is 8.00. The van der Waals surface area contributed by atoms with E-state index < -0.39 is 0 Å². The molecule has 19 heavy (non-hydrogen) atoms. The SMILES string of the molecule is Cc1nc(N)sc1SCc1ccn(C2CCCC2)n1. The van der Waals surface area contributed by atoms with Gasteiger partial charge in [0.2, 0.25) is 0 Å². The highest BCUT2D eigenvalue weighted by Gasteiger charge is 2.17. The van der Waals surface area contributed by atoms with Crippen LogP contribution in [0.25, 0.3) is 0 Å². The monoisotopic (exact) mass is 294 g/mol. The lowest BCUT2D eigenvalue weighted by Crippen LogP contribution is -2.05. The molecule has 2 heterocycles. The number of thiazole rings is 1. The van der Waals surface area contributed by atoms with E-state index in [4.69, 9.17) is 10.8 Å². The third kappa shape index (κ3) is 2.95. The maximum absolute atomic E-state index is 5.71. The average molecular weight is 294 g/mol. The van der Waals surface area contributed by atoms with Crippen LogP contribution in [-0.4, -0.2) is 14.8 Å². The Balaban J connectivity index is 1.62. The van der Waals surface area contributed by atoms with E-state index in [0.717, 1.165) is 17.1 Å². The van der Waals surface area contributed by atoms with Crippen LogP contribution in [0.3, 0.4) is 0 Å². The van der Waals surface area contributed by atoms with E-state index in [1.165, 1.54) is 29.9 Å². The second kappa shape index (κ2) is 5.54. The minimum atomic E-state index is 0.625. The molecule has 2 aromatic rings. The summed E-state index contributed by atoms with van der Waals surface area (Å²) < 4.78 is 3.35. The zero-order chi connectivity index (χ0) is 13.2. The summed E-state index contributed by atoms with van der Waals surface area (Å²) in [7, 11) is 0. The van der Waals surface area contributed by atoms with Crippen LogP contribution in [0.15, 0.2) is 16.5 Å². The number of thioether (sulfide) groups is 1. The number of rotatable bonds is 4. The normalized spacial score (nSPS) is 16.3. The first-order valence-electron chi connectivity index (χ1n) is 6.62. The predicted octanol–water partition coefficient (Wildman–Crippen LogP) is 3.64. The van der Waals surface area contributed by atoms with Gasteiger partial charge in [0.05, 0.1) is 21.6 Å². The molecule has 0 bridgehead atoms. The molecule has 1 fully saturated rings. The van der Waals surface area contributed by atoms with Crippen LogP contribution in [0, 0.1) is 6.92 Å². The zero-order valence-corrected chi connectivity index (χ0v) is 12.6. The minimum Gasteiger partial charge on any atom is -0.375 e. The Morgan fingerprint density at radius 3 is 2.95 bits per heavy atom. The molecule has 2 aromatic heterocycles. The highest BCUT2D eigenvalue weighted by atomic mass is 32.2. The summed E-state index contributed by atoms with van der Waals surface area (Å²) in [4.78, 5) is 4.24. The van der Waals surface area contributed by atoms with Gasteiger partial charge in [-0.25, -0.2) is 4.98 Å². The lowest BCUT2D eigenvalue weighted by Gasteiger charge is -2.08. The molecule has 1 saturated carbocycles. The van der Waals surface area contributed by atoms with Crippen molar-refractivity contribution in [1.29, 1.82) is 0 Å². The van der Waals surface area contributed by atoms with Gasteiger partial charge >= 0.3 is 0 Å². The predicted molar refractivity (Wildman–Crippen MR) is 80.6 cm³/mol. The molecule has 4 nitrogen and oxygen atoms in total. The first-order chi connectivity index (χ1) is 9.22. The van der Waals surface area contributed by atoms with Gasteiger partial charge in [0.25, 0.3) is 0 Å². The molecular weight excluding hydrogens is 276 g/mol. The molecule has 1 aliphatic carbocycles. The molecule has 0 atom stereocenters. The second-order valence-electron chi connectivity index (χ2n) is 4.94. The lowest BCUT2D eigenvalue weighted by atomic mass is 10.3. The van der Waals surface area contributed by atoms with Crippen LogP contribution in [0.4, 0.5) is 5.13 Å². The van der Waals surface area contributed by atoms with E-state index in [-0.39, 0.29) is 0 Å². The van der Waals surface area contributed by atoms with Gasteiger partial charge in [-0.3, -0.25) is 4.68 Å². The largest absolute Gasteiger partial charge is 0.375 e. The van der Waals surface area contributed by atoms with E-state index in [1.807, 2.05) is 6.92 Å². The number of nitrogens with two attached hydrogens (primary N) is 1. The Morgan fingerprint density at radius 2 is 2.26 bits per heavy atom. The van der Waals surface area contributed by atoms with Gasteiger partial charge in [-0.2, -0.15) is 5.10 Å². The first kappa shape index (κ1) is 13.0. The summed E-state index contributed by atoms with van der Waals surface area (Å²) in [6, 6.07) is 2.75. The Labute approximate surface area is 121 Å². The Morgan fingerprint density at radius 1 is 1.47 bits per heavy atom. The summed E-state index contributed by atoms with van der Waals surface area (Å²) in [5.41, 5.74) is 7.88. The first-order valence-corrected chi connectivity index (χ1v) is 8.42. The highest BCUT2D eigenvalue weighted by Crippen LogP contribution is 2.33. The molecule has 102 valence electrons. The van der Waals surface area contributed by atoms with Crippen molar-refractivity contribution in [3.63, 3.8) is 0 Å². The van der Waals surface area contributed by atoms with Gasteiger partial charge in [0.15, 0.2) is 5.13 Å². The number of aromatic nitrogens is 3. The lowest BCUT2D eigenvalue weighted by molar-refractivity contribution is 0.464. The minimum absolute atomic E-state index is 0.625. The number of aryl methyl sites for hydroxylation is 1. The second-order valence-corrected chi connectivity index (χ2v) is 7.21. The molecule has 6 heteroatoms. The molecular formula is C13H18N4S2. The fourth-order valence-electron chi connectivity index (χ4n) is 2.50. The molecule has 0 spiro atoms. The Bertz CT molecular complexity index is 555. The Hall–Kier alpha value is -1.01. The molecule has 1 aliphatic rings. The molecule has 2 N–H and O–H groups in total. The topological polar surface area (TPSA) is 56.7 Å². The summed E-state index contributed by atoms with van der Waals surface area (Å²) >= 11 is 3.34. The Kier molecular flexibility index (Phi) is 3.79. The van der Waals surface area contributed by atoms with E-state index in [2.05, 4.69) is 21.9 Å².